The Balaban J connectivity index is 2.09. The van der Waals surface area contributed by atoms with Crippen LogP contribution in [0, 0.1) is 10.1 Å². The zero-order chi connectivity index (χ0) is 43.5. The maximum Gasteiger partial charge on any atom is 0.408 e. The number of rotatable bonds is 8. The summed E-state index contributed by atoms with van der Waals surface area (Å²) < 4.78 is 29.5. The number of methoxy groups -OCH3 is 2. The third kappa shape index (κ3) is 10.4. The molecule has 17 nitrogen and oxygen atoms in total. The summed E-state index contributed by atoms with van der Waals surface area (Å²) in [5, 5.41) is 34.0. The minimum Gasteiger partial charge on any atom is -0.504 e. The molecule has 0 saturated carbocycles. The molecule has 5 N–H and O–H groups in total. The van der Waals surface area contributed by atoms with Gasteiger partial charge in [0.2, 0.25) is 29.2 Å². The maximum atomic E-state index is 14.7. The monoisotopic (exact) mass is 887 g/mol. The highest BCUT2D eigenvalue weighted by Gasteiger charge is 2.45. The number of benzene rings is 3. The summed E-state index contributed by atoms with van der Waals surface area (Å²) in [4.78, 5) is 68.5. The molecule has 0 aromatic heterocycles. The van der Waals surface area contributed by atoms with E-state index in [1.807, 2.05) is 33.9 Å². The molecule has 0 radical (unpaired) electrons. The summed E-state index contributed by atoms with van der Waals surface area (Å²) >= 11 is 3.43. The average molecular weight is 889 g/mol. The minimum atomic E-state index is -2.85. The molecule has 0 fully saturated rings. The van der Waals surface area contributed by atoms with Crippen LogP contribution in [0.15, 0.2) is 53.0 Å². The van der Waals surface area contributed by atoms with E-state index in [0.29, 0.717) is 10.2 Å². The third-order valence-electron chi connectivity index (χ3n) is 9.66. The van der Waals surface area contributed by atoms with Crippen LogP contribution in [0.25, 0.3) is 0 Å². The van der Waals surface area contributed by atoms with Gasteiger partial charge in [0.05, 0.1) is 23.6 Å². The lowest BCUT2D eigenvalue weighted by Gasteiger charge is -2.41. The number of aromatic hydroxyl groups is 1. The SMILES string of the molecule is CNC(=O)[C@@H]1NC(=O)[C@H](c2ccc(OC)c(Br)c2)NC(=O)[C@H](NC(=O)OC(C)(C)C)c2cc(O)c(OC)c(c2)Oc2ccc(cc2[N+](=O)[O-])[C@@H]1O[Si](C)(C)C(C)(C)C. The number of nitrogens with one attached hydrogen (secondary N) is 4. The van der Waals surface area contributed by atoms with Gasteiger partial charge >= 0.3 is 11.8 Å². The van der Waals surface area contributed by atoms with Gasteiger partial charge in [-0.15, -0.1) is 0 Å². The molecule has 3 aromatic carbocycles. The van der Waals surface area contributed by atoms with Crippen molar-refractivity contribution in [1.29, 1.82) is 0 Å². The van der Waals surface area contributed by atoms with Gasteiger partial charge in [0.1, 0.15) is 35.6 Å². The molecule has 5 rings (SSSR count). The number of carbonyl (C=O) groups excluding carboxylic acids is 4. The fourth-order valence-electron chi connectivity index (χ4n) is 5.72. The Kier molecular flexibility index (Phi) is 13.8. The first kappa shape index (κ1) is 45.3. The standard InChI is InChI=1S/C39H50BrN5O12Si/c1-38(2,3)56-37(50)44-30-22-18-25(46)33(54-9)28(19-22)55-27-15-13-21(17-24(27)45(51)52)32(57-58(10,11)39(4,5)6)31(34(47)41-7)43-35(48)29(42-36(30)49)20-12-14-26(53-8)23(40)16-20/h12-19,29-32,46H,1-11H3,(H,41,47)(H,42,49)(H,43,48)(H,44,50)/t29-,30+,31+,32-/m0/s1. The van der Waals surface area contributed by atoms with E-state index >= 15 is 0 Å². The Morgan fingerprint density at radius 2 is 1.57 bits per heavy atom. The number of alkyl carbamates (subject to hydrolysis) is 1. The lowest BCUT2D eigenvalue weighted by Crippen LogP contribution is -2.56. The number of ether oxygens (including phenoxy) is 4. The average Bonchev–Trinajstić information content (AvgIpc) is 3.12. The molecule has 2 aliphatic heterocycles. The number of amides is 4. The smallest absolute Gasteiger partial charge is 0.408 e. The van der Waals surface area contributed by atoms with E-state index in [1.165, 1.54) is 57.7 Å². The van der Waals surface area contributed by atoms with Crippen LogP contribution in [-0.2, 0) is 23.5 Å². The minimum absolute atomic E-state index is 0.0934. The molecule has 4 amide bonds. The first-order chi connectivity index (χ1) is 26.9. The van der Waals surface area contributed by atoms with Gasteiger partial charge < -0.3 is 49.7 Å². The van der Waals surface area contributed by atoms with E-state index in [4.69, 9.17) is 23.4 Å². The normalized spacial score (nSPS) is 18.9. The summed E-state index contributed by atoms with van der Waals surface area (Å²) in [5.74, 6) is -3.54. The number of phenolic OH excluding ortho intramolecular Hbond substituents is 1. The number of carbonyl (C=O) groups is 4. The number of phenols is 1. The molecule has 0 spiro atoms. The van der Waals surface area contributed by atoms with Crippen molar-refractivity contribution < 1.29 is 52.6 Å². The zero-order valence-electron chi connectivity index (χ0n) is 34.2. The van der Waals surface area contributed by atoms with Gasteiger partial charge in [-0.3, -0.25) is 24.5 Å². The topological polar surface area (TPSA) is 226 Å². The number of halogens is 1. The molecule has 58 heavy (non-hydrogen) atoms. The van der Waals surface area contributed by atoms with Crippen molar-refractivity contribution in [1.82, 2.24) is 21.3 Å². The Hall–Kier alpha value is -5.40. The van der Waals surface area contributed by atoms with Crippen molar-refractivity contribution in [2.75, 3.05) is 21.3 Å². The molecule has 3 aromatic rings. The van der Waals surface area contributed by atoms with Crippen LogP contribution in [0.5, 0.6) is 28.7 Å². The van der Waals surface area contributed by atoms with E-state index in [0.717, 1.165) is 6.07 Å². The summed E-state index contributed by atoms with van der Waals surface area (Å²) in [6.07, 6.45) is -2.35. The predicted molar refractivity (Wildman–Crippen MR) is 219 cm³/mol. The molecule has 0 saturated heterocycles. The van der Waals surface area contributed by atoms with Crippen LogP contribution in [0.2, 0.25) is 18.1 Å². The number of hydrogen-bond donors (Lipinski definition) is 5. The second-order valence-corrected chi connectivity index (χ2v) is 21.6. The van der Waals surface area contributed by atoms with Crippen molar-refractivity contribution in [3.8, 4) is 28.7 Å². The number of nitrogens with zero attached hydrogens (tertiary/aromatic N) is 1. The van der Waals surface area contributed by atoms with Crippen LogP contribution in [0.4, 0.5) is 10.5 Å². The lowest BCUT2D eigenvalue weighted by atomic mass is 9.98. The van der Waals surface area contributed by atoms with Crippen molar-refractivity contribution >= 4 is 53.7 Å². The first-order valence-corrected chi connectivity index (χ1v) is 21.8. The number of fused-ring (bicyclic) bond motifs is 9. The van der Waals surface area contributed by atoms with E-state index in [2.05, 4.69) is 37.2 Å². The number of nitro benzene ring substituents is 1. The maximum absolute atomic E-state index is 14.7. The summed E-state index contributed by atoms with van der Waals surface area (Å²) in [6.45, 7) is 14.6. The number of likely N-dealkylation sites (N-methyl/N-ethyl adjacent to an activating group) is 1. The van der Waals surface area contributed by atoms with Crippen molar-refractivity contribution in [3.63, 3.8) is 0 Å². The van der Waals surface area contributed by atoms with Crippen molar-refractivity contribution in [3.05, 3.63) is 79.8 Å². The molecule has 0 unspecified atom stereocenters. The van der Waals surface area contributed by atoms with Gasteiger partial charge in [0.15, 0.2) is 19.8 Å². The van der Waals surface area contributed by atoms with Gasteiger partial charge in [-0.05, 0) is 102 Å². The molecule has 4 atom stereocenters. The molecule has 19 heteroatoms. The lowest BCUT2D eigenvalue weighted by molar-refractivity contribution is -0.385. The Labute approximate surface area is 345 Å². The quantitative estimate of drug-likeness (QED) is 0.0916. The second-order valence-electron chi connectivity index (χ2n) is 16.0. The first-order valence-electron chi connectivity index (χ1n) is 18.1. The van der Waals surface area contributed by atoms with Gasteiger partial charge in [0.25, 0.3) is 0 Å². The fraction of sp³-hybridized carbons (Fsp3) is 0.436. The van der Waals surface area contributed by atoms with E-state index in [1.54, 1.807) is 26.8 Å². The second kappa shape index (κ2) is 17.6. The Morgan fingerprint density at radius 1 is 0.914 bits per heavy atom. The number of nitro groups is 1. The highest BCUT2D eigenvalue weighted by molar-refractivity contribution is 9.10. The zero-order valence-corrected chi connectivity index (χ0v) is 36.8. The van der Waals surface area contributed by atoms with Gasteiger partial charge in [0, 0.05) is 13.1 Å². The van der Waals surface area contributed by atoms with Crippen LogP contribution < -0.4 is 35.5 Å². The summed E-state index contributed by atoms with van der Waals surface area (Å²) in [7, 11) is 1.19. The highest BCUT2D eigenvalue weighted by atomic mass is 79.9. The fourth-order valence-corrected chi connectivity index (χ4v) is 7.54. The Morgan fingerprint density at radius 3 is 2.12 bits per heavy atom. The molecule has 4 bridgehead atoms. The van der Waals surface area contributed by atoms with Gasteiger partial charge in [-0.1, -0.05) is 32.9 Å². The van der Waals surface area contributed by atoms with Crippen LogP contribution in [0.1, 0.15) is 76.4 Å². The van der Waals surface area contributed by atoms with E-state index in [-0.39, 0.29) is 33.9 Å². The van der Waals surface area contributed by atoms with Crippen LogP contribution >= 0.6 is 15.9 Å². The van der Waals surface area contributed by atoms with E-state index < -0.39 is 83.4 Å². The third-order valence-corrected chi connectivity index (χ3v) is 14.7. The molecule has 2 heterocycles. The van der Waals surface area contributed by atoms with Crippen LogP contribution in [-0.4, -0.2) is 75.1 Å². The van der Waals surface area contributed by atoms with Gasteiger partial charge in [-0.25, -0.2) is 4.79 Å². The molecule has 0 aliphatic carbocycles. The van der Waals surface area contributed by atoms with Crippen molar-refractivity contribution in [2.24, 2.45) is 0 Å². The largest absolute Gasteiger partial charge is 0.504 e. The van der Waals surface area contributed by atoms with Crippen LogP contribution in [0.3, 0.4) is 0 Å². The van der Waals surface area contributed by atoms with Crippen molar-refractivity contribution in [2.45, 2.75) is 89.5 Å². The number of hydrogen-bond acceptors (Lipinski definition) is 12. The molecular formula is C39H50BrN5O12Si. The Bertz CT molecular complexity index is 2080. The molecule has 2 aliphatic rings. The summed E-state index contributed by atoms with van der Waals surface area (Å²) in [6, 6.07) is 6.14. The molecule has 314 valence electrons. The van der Waals surface area contributed by atoms with Gasteiger partial charge in [-0.2, -0.15) is 0 Å². The highest BCUT2D eigenvalue weighted by Crippen LogP contribution is 2.46. The summed E-state index contributed by atoms with van der Waals surface area (Å²) in [5.41, 5.74) is -1.29. The molecular weight excluding hydrogens is 838 g/mol. The van der Waals surface area contributed by atoms with E-state index in [9.17, 15) is 34.4 Å². The predicted octanol–water partition coefficient (Wildman–Crippen LogP) is 6.60.